The standard InChI is InChI=1S/C14H23ClN2O3S/c1-10(2)9-17(5-6-20-4)21(18,19)12-7-13(15)11(3)14(16)8-12/h7-8,10H,5-6,9,16H2,1-4H3. The largest absolute Gasteiger partial charge is 0.398 e. The van der Waals surface area contributed by atoms with Crippen molar-refractivity contribution in [3.63, 3.8) is 0 Å². The Labute approximate surface area is 132 Å². The minimum Gasteiger partial charge on any atom is -0.398 e. The first-order valence-corrected chi connectivity index (χ1v) is 8.56. The maximum Gasteiger partial charge on any atom is 0.243 e. The number of sulfonamides is 1. The number of nitrogen functional groups attached to an aromatic ring is 1. The molecule has 0 atom stereocenters. The van der Waals surface area contributed by atoms with Crippen molar-refractivity contribution in [1.29, 1.82) is 0 Å². The average molecular weight is 335 g/mol. The fourth-order valence-corrected chi connectivity index (χ4v) is 3.82. The molecule has 0 bridgehead atoms. The van der Waals surface area contributed by atoms with Gasteiger partial charge in [0.1, 0.15) is 0 Å². The molecule has 0 aliphatic carbocycles. The molecule has 0 aromatic heterocycles. The maximum absolute atomic E-state index is 12.7. The van der Waals surface area contributed by atoms with Crippen LogP contribution < -0.4 is 5.73 Å². The van der Waals surface area contributed by atoms with E-state index in [0.717, 1.165) is 0 Å². The predicted molar refractivity (Wildman–Crippen MR) is 86.1 cm³/mol. The zero-order chi connectivity index (χ0) is 16.2. The fourth-order valence-electron chi connectivity index (χ4n) is 1.88. The minimum atomic E-state index is -3.64. The van der Waals surface area contributed by atoms with Crippen molar-refractivity contribution in [2.24, 2.45) is 5.92 Å². The quantitative estimate of drug-likeness (QED) is 0.778. The molecule has 0 aliphatic heterocycles. The summed E-state index contributed by atoms with van der Waals surface area (Å²) in [6.07, 6.45) is 0. The summed E-state index contributed by atoms with van der Waals surface area (Å²) in [5.74, 6) is 0.204. The van der Waals surface area contributed by atoms with Crippen molar-refractivity contribution in [2.45, 2.75) is 25.7 Å². The molecule has 21 heavy (non-hydrogen) atoms. The second-order valence-electron chi connectivity index (χ2n) is 5.37. The van der Waals surface area contributed by atoms with Gasteiger partial charge < -0.3 is 10.5 Å². The minimum absolute atomic E-state index is 0.118. The van der Waals surface area contributed by atoms with E-state index in [4.69, 9.17) is 22.1 Å². The number of nitrogens with two attached hydrogens (primary N) is 1. The Bertz CT molecular complexity index is 565. The van der Waals surface area contributed by atoms with Crippen LogP contribution in [0.4, 0.5) is 5.69 Å². The number of methoxy groups -OCH3 is 1. The number of rotatable bonds is 7. The lowest BCUT2D eigenvalue weighted by atomic mass is 10.2. The third-order valence-electron chi connectivity index (χ3n) is 3.11. The van der Waals surface area contributed by atoms with E-state index in [1.165, 1.54) is 16.4 Å². The van der Waals surface area contributed by atoms with E-state index in [0.29, 0.717) is 36.0 Å². The molecule has 0 fully saturated rings. The fraction of sp³-hybridized carbons (Fsp3) is 0.571. The first-order chi connectivity index (χ1) is 9.70. The summed E-state index contributed by atoms with van der Waals surface area (Å²) in [7, 11) is -2.10. The zero-order valence-corrected chi connectivity index (χ0v) is 14.5. The molecule has 0 amide bonds. The van der Waals surface area contributed by atoms with Crippen molar-refractivity contribution in [3.8, 4) is 0 Å². The summed E-state index contributed by atoms with van der Waals surface area (Å²) in [4.78, 5) is 0.118. The molecular weight excluding hydrogens is 312 g/mol. The van der Waals surface area contributed by atoms with Crippen LogP contribution in [0, 0.1) is 12.8 Å². The average Bonchev–Trinajstić information content (AvgIpc) is 2.39. The highest BCUT2D eigenvalue weighted by molar-refractivity contribution is 7.89. The number of nitrogens with zero attached hydrogens (tertiary/aromatic N) is 1. The molecule has 120 valence electrons. The van der Waals surface area contributed by atoms with Crippen LogP contribution in [0.5, 0.6) is 0 Å². The maximum atomic E-state index is 12.7. The van der Waals surface area contributed by atoms with Gasteiger partial charge in [0.15, 0.2) is 0 Å². The molecule has 0 aliphatic rings. The second-order valence-corrected chi connectivity index (χ2v) is 7.71. The Morgan fingerprint density at radius 2 is 2.00 bits per heavy atom. The van der Waals surface area contributed by atoms with Crippen molar-refractivity contribution in [2.75, 3.05) is 32.5 Å². The van der Waals surface area contributed by atoms with Crippen LogP contribution in [0.1, 0.15) is 19.4 Å². The number of hydrogen-bond acceptors (Lipinski definition) is 4. The van der Waals surface area contributed by atoms with E-state index >= 15 is 0 Å². The SMILES string of the molecule is COCCN(CC(C)C)S(=O)(=O)c1cc(N)c(C)c(Cl)c1. The molecule has 0 unspecified atom stereocenters. The highest BCUT2D eigenvalue weighted by Gasteiger charge is 2.26. The monoisotopic (exact) mass is 334 g/mol. The van der Waals surface area contributed by atoms with Gasteiger partial charge in [0.25, 0.3) is 0 Å². The topological polar surface area (TPSA) is 72.6 Å². The number of ether oxygens (including phenoxy) is 1. The van der Waals surface area contributed by atoms with Crippen LogP contribution in [0.2, 0.25) is 5.02 Å². The lowest BCUT2D eigenvalue weighted by Crippen LogP contribution is -2.36. The molecule has 5 nitrogen and oxygen atoms in total. The zero-order valence-electron chi connectivity index (χ0n) is 12.9. The highest BCUT2D eigenvalue weighted by Crippen LogP contribution is 2.28. The number of hydrogen-bond donors (Lipinski definition) is 1. The highest BCUT2D eigenvalue weighted by atomic mass is 35.5. The summed E-state index contributed by atoms with van der Waals surface area (Å²) in [6, 6.07) is 2.90. The molecular formula is C14H23ClN2O3S. The normalized spacial score (nSPS) is 12.3. The smallest absolute Gasteiger partial charge is 0.243 e. The van der Waals surface area contributed by atoms with Gasteiger partial charge in [0.2, 0.25) is 10.0 Å². The summed E-state index contributed by atoms with van der Waals surface area (Å²) in [5, 5.41) is 0.352. The lowest BCUT2D eigenvalue weighted by Gasteiger charge is -2.24. The van der Waals surface area contributed by atoms with Crippen molar-refractivity contribution >= 4 is 27.3 Å². The van der Waals surface area contributed by atoms with Crippen molar-refractivity contribution in [1.82, 2.24) is 4.31 Å². The summed E-state index contributed by atoms with van der Waals surface area (Å²) < 4.78 is 31.9. The van der Waals surface area contributed by atoms with Gasteiger partial charge in [-0.3, -0.25) is 0 Å². The molecule has 0 saturated heterocycles. The van der Waals surface area contributed by atoms with Gasteiger partial charge in [-0.1, -0.05) is 25.4 Å². The van der Waals surface area contributed by atoms with E-state index in [9.17, 15) is 8.42 Å². The van der Waals surface area contributed by atoms with Crippen LogP contribution in [-0.2, 0) is 14.8 Å². The third kappa shape index (κ3) is 4.57. The summed E-state index contributed by atoms with van der Waals surface area (Å²) in [5.41, 5.74) is 6.88. The lowest BCUT2D eigenvalue weighted by molar-refractivity contribution is 0.175. The molecule has 0 radical (unpaired) electrons. The molecule has 2 N–H and O–H groups in total. The van der Waals surface area contributed by atoms with Gasteiger partial charge in [0.05, 0.1) is 11.5 Å². The second kappa shape index (κ2) is 7.45. The van der Waals surface area contributed by atoms with Crippen LogP contribution in [0.15, 0.2) is 17.0 Å². The number of anilines is 1. The van der Waals surface area contributed by atoms with Gasteiger partial charge in [-0.2, -0.15) is 4.31 Å². The van der Waals surface area contributed by atoms with Crippen LogP contribution in [-0.4, -0.2) is 39.5 Å². The van der Waals surface area contributed by atoms with Crippen molar-refractivity contribution in [3.05, 3.63) is 22.7 Å². The van der Waals surface area contributed by atoms with E-state index in [1.54, 1.807) is 14.0 Å². The first-order valence-electron chi connectivity index (χ1n) is 6.74. The van der Waals surface area contributed by atoms with Gasteiger partial charge in [-0.25, -0.2) is 8.42 Å². The Morgan fingerprint density at radius 1 is 1.38 bits per heavy atom. The molecule has 1 aromatic carbocycles. The van der Waals surface area contributed by atoms with E-state index in [1.807, 2.05) is 13.8 Å². The molecule has 1 aromatic rings. The van der Waals surface area contributed by atoms with Crippen LogP contribution in [0.3, 0.4) is 0 Å². The van der Waals surface area contributed by atoms with Gasteiger partial charge >= 0.3 is 0 Å². The van der Waals surface area contributed by atoms with Gasteiger partial charge in [-0.15, -0.1) is 0 Å². The molecule has 0 heterocycles. The summed E-state index contributed by atoms with van der Waals surface area (Å²) in [6.45, 7) is 6.73. The van der Waals surface area contributed by atoms with E-state index < -0.39 is 10.0 Å². The van der Waals surface area contributed by atoms with Crippen molar-refractivity contribution < 1.29 is 13.2 Å². The Hall–Kier alpha value is -0.820. The molecule has 0 spiro atoms. The first kappa shape index (κ1) is 18.2. The van der Waals surface area contributed by atoms with E-state index in [2.05, 4.69) is 0 Å². The number of halogens is 1. The Morgan fingerprint density at radius 3 is 2.48 bits per heavy atom. The Kier molecular flexibility index (Phi) is 6.46. The third-order valence-corrected chi connectivity index (χ3v) is 5.34. The van der Waals surface area contributed by atoms with Crippen LogP contribution >= 0.6 is 11.6 Å². The predicted octanol–water partition coefficient (Wildman–Crippen LogP) is 2.52. The number of benzene rings is 1. The van der Waals surface area contributed by atoms with Crippen LogP contribution in [0.25, 0.3) is 0 Å². The summed E-state index contributed by atoms with van der Waals surface area (Å²) >= 11 is 6.05. The van der Waals surface area contributed by atoms with E-state index in [-0.39, 0.29) is 10.8 Å². The molecule has 1 rings (SSSR count). The van der Waals surface area contributed by atoms with Gasteiger partial charge in [-0.05, 0) is 30.5 Å². The molecule has 0 saturated carbocycles. The Balaban J connectivity index is 3.21. The van der Waals surface area contributed by atoms with Gasteiger partial charge in [0, 0.05) is 30.9 Å². The molecule has 7 heteroatoms.